The number of aliphatic hydroxyl groups is 1. The topological polar surface area (TPSA) is 66.8 Å². The van der Waals surface area contributed by atoms with E-state index in [0.717, 1.165) is 16.2 Å². The molecular weight excluding hydrogens is 228 g/mol. The summed E-state index contributed by atoms with van der Waals surface area (Å²) in [5, 5.41) is 18.8. The molecule has 1 aliphatic heterocycles. The molecule has 1 heterocycles. The van der Waals surface area contributed by atoms with Crippen molar-refractivity contribution in [3.8, 4) is 5.75 Å². The molecule has 1 aliphatic rings. The van der Waals surface area contributed by atoms with E-state index in [4.69, 9.17) is 9.84 Å². The Hall–Kier alpha value is -1.20. The van der Waals surface area contributed by atoms with Crippen LogP contribution in [0.1, 0.15) is 28.4 Å². The Morgan fingerprint density at radius 3 is 2.94 bits per heavy atom. The van der Waals surface area contributed by atoms with Crippen LogP contribution in [0.25, 0.3) is 0 Å². The second-order valence-electron chi connectivity index (χ2n) is 3.55. The Kier molecular flexibility index (Phi) is 3.07. The average Bonchev–Trinajstić information content (AvgIpc) is 2.28. The van der Waals surface area contributed by atoms with Gasteiger partial charge in [-0.1, -0.05) is 0 Å². The molecule has 2 N–H and O–H groups in total. The van der Waals surface area contributed by atoms with Crippen LogP contribution in [0, 0.1) is 0 Å². The van der Waals surface area contributed by atoms with E-state index in [2.05, 4.69) is 0 Å². The molecule has 4 nitrogen and oxygen atoms in total. The first-order valence-corrected chi connectivity index (χ1v) is 5.88. The van der Waals surface area contributed by atoms with Gasteiger partial charge in [0.2, 0.25) is 0 Å². The lowest BCUT2D eigenvalue weighted by molar-refractivity contribution is 0.0692. The number of carboxylic acids is 1. The van der Waals surface area contributed by atoms with Gasteiger partial charge in [0.1, 0.15) is 11.3 Å². The van der Waals surface area contributed by atoms with Gasteiger partial charge in [0.15, 0.2) is 0 Å². The van der Waals surface area contributed by atoms with Crippen LogP contribution in [0.3, 0.4) is 0 Å². The number of aromatic carboxylic acids is 1. The summed E-state index contributed by atoms with van der Waals surface area (Å²) >= 11 is 1.56. The van der Waals surface area contributed by atoms with Gasteiger partial charge in [-0.2, -0.15) is 0 Å². The van der Waals surface area contributed by atoms with E-state index in [-0.39, 0.29) is 5.56 Å². The maximum absolute atomic E-state index is 11.0. The van der Waals surface area contributed by atoms with Crippen LogP contribution in [0.2, 0.25) is 0 Å². The quantitative estimate of drug-likeness (QED) is 0.826. The third-order valence-electron chi connectivity index (χ3n) is 2.57. The molecule has 1 aromatic rings. The van der Waals surface area contributed by atoms with Gasteiger partial charge in [-0.15, -0.1) is 11.8 Å². The van der Waals surface area contributed by atoms with Gasteiger partial charge in [0, 0.05) is 10.6 Å². The fourth-order valence-electron chi connectivity index (χ4n) is 1.73. The molecular formula is C11H12O4S. The first-order chi connectivity index (χ1) is 7.63. The van der Waals surface area contributed by atoms with Crippen molar-refractivity contribution in [2.75, 3.05) is 12.9 Å². The SMILES string of the molecule is COc1cc2c(cc1C(=O)O)SCCC2O. The second-order valence-corrected chi connectivity index (χ2v) is 4.69. The molecule has 2 rings (SSSR count). The zero-order chi connectivity index (χ0) is 11.7. The molecule has 1 unspecified atom stereocenters. The summed E-state index contributed by atoms with van der Waals surface area (Å²) in [6.07, 6.45) is 0.167. The molecule has 0 saturated heterocycles. The maximum Gasteiger partial charge on any atom is 0.339 e. The molecule has 0 spiro atoms. The summed E-state index contributed by atoms with van der Waals surface area (Å²) in [6, 6.07) is 3.19. The number of ether oxygens (including phenoxy) is 1. The second kappa shape index (κ2) is 4.35. The Balaban J connectivity index is 2.55. The molecule has 0 amide bonds. The van der Waals surface area contributed by atoms with E-state index in [9.17, 15) is 9.90 Å². The summed E-state index contributed by atoms with van der Waals surface area (Å²) in [5.41, 5.74) is 0.904. The van der Waals surface area contributed by atoms with Crippen molar-refractivity contribution in [1.82, 2.24) is 0 Å². The predicted octanol–water partition coefficient (Wildman–Crippen LogP) is 1.92. The normalized spacial score (nSPS) is 19.0. The number of hydrogen-bond donors (Lipinski definition) is 2. The van der Waals surface area contributed by atoms with Gasteiger partial charge >= 0.3 is 5.97 Å². The van der Waals surface area contributed by atoms with Gasteiger partial charge in [-0.05, 0) is 24.1 Å². The summed E-state index contributed by atoms with van der Waals surface area (Å²) in [7, 11) is 1.43. The molecule has 1 aromatic carbocycles. The Morgan fingerprint density at radius 1 is 1.56 bits per heavy atom. The lowest BCUT2D eigenvalue weighted by Crippen LogP contribution is -2.09. The van der Waals surface area contributed by atoms with E-state index >= 15 is 0 Å². The van der Waals surface area contributed by atoms with Crippen molar-refractivity contribution in [2.24, 2.45) is 0 Å². The lowest BCUT2D eigenvalue weighted by atomic mass is 10.0. The average molecular weight is 240 g/mol. The van der Waals surface area contributed by atoms with Crippen LogP contribution in [0.4, 0.5) is 0 Å². The predicted molar refractivity (Wildman–Crippen MR) is 60.3 cm³/mol. The monoisotopic (exact) mass is 240 g/mol. The minimum absolute atomic E-state index is 0.142. The molecule has 0 bridgehead atoms. The molecule has 16 heavy (non-hydrogen) atoms. The molecule has 0 saturated carbocycles. The number of methoxy groups -OCH3 is 1. The van der Waals surface area contributed by atoms with Gasteiger partial charge in [-0.3, -0.25) is 0 Å². The summed E-state index contributed by atoms with van der Waals surface area (Å²) in [4.78, 5) is 11.8. The minimum Gasteiger partial charge on any atom is -0.496 e. The van der Waals surface area contributed by atoms with Gasteiger partial charge in [0.05, 0.1) is 13.2 Å². The Morgan fingerprint density at radius 2 is 2.31 bits per heavy atom. The number of carboxylic acid groups (broad SMARTS) is 1. The van der Waals surface area contributed by atoms with Crippen LogP contribution in [-0.4, -0.2) is 29.0 Å². The van der Waals surface area contributed by atoms with Gasteiger partial charge in [0.25, 0.3) is 0 Å². The first kappa shape index (κ1) is 11.3. The van der Waals surface area contributed by atoms with E-state index in [1.807, 2.05) is 0 Å². The highest BCUT2D eigenvalue weighted by Crippen LogP contribution is 2.39. The maximum atomic E-state index is 11.0. The van der Waals surface area contributed by atoms with E-state index in [1.54, 1.807) is 23.9 Å². The fraction of sp³-hybridized carbons (Fsp3) is 0.364. The van der Waals surface area contributed by atoms with Crippen LogP contribution >= 0.6 is 11.8 Å². The van der Waals surface area contributed by atoms with Crippen molar-refractivity contribution in [1.29, 1.82) is 0 Å². The summed E-state index contributed by atoms with van der Waals surface area (Å²) in [5.74, 6) is 0.0904. The van der Waals surface area contributed by atoms with Crippen molar-refractivity contribution in [3.63, 3.8) is 0 Å². The minimum atomic E-state index is -1.01. The van der Waals surface area contributed by atoms with Crippen molar-refractivity contribution >= 4 is 17.7 Å². The standard InChI is InChI=1S/C11H12O4S/c1-15-9-4-6-8(12)2-3-16-10(6)5-7(9)11(13)14/h4-5,8,12H,2-3H2,1H3,(H,13,14). The molecule has 5 heteroatoms. The first-order valence-electron chi connectivity index (χ1n) is 4.89. The lowest BCUT2D eigenvalue weighted by Gasteiger charge is -2.22. The van der Waals surface area contributed by atoms with E-state index < -0.39 is 12.1 Å². The van der Waals surface area contributed by atoms with E-state index in [0.29, 0.717) is 12.2 Å². The van der Waals surface area contributed by atoms with Crippen LogP contribution in [0.5, 0.6) is 5.75 Å². The summed E-state index contributed by atoms with van der Waals surface area (Å²) in [6.45, 7) is 0. The van der Waals surface area contributed by atoms with Crippen LogP contribution in [0.15, 0.2) is 17.0 Å². The number of thioether (sulfide) groups is 1. The fourth-order valence-corrected chi connectivity index (χ4v) is 2.86. The highest BCUT2D eigenvalue weighted by atomic mass is 32.2. The molecule has 0 radical (unpaired) electrons. The van der Waals surface area contributed by atoms with Crippen LogP contribution < -0.4 is 4.74 Å². The van der Waals surface area contributed by atoms with Crippen molar-refractivity contribution in [3.05, 3.63) is 23.3 Å². The van der Waals surface area contributed by atoms with Crippen LogP contribution in [-0.2, 0) is 0 Å². The van der Waals surface area contributed by atoms with Gasteiger partial charge in [-0.25, -0.2) is 4.79 Å². The number of carbonyl (C=O) groups is 1. The number of hydrogen-bond acceptors (Lipinski definition) is 4. The smallest absolute Gasteiger partial charge is 0.339 e. The molecule has 0 aliphatic carbocycles. The largest absolute Gasteiger partial charge is 0.496 e. The zero-order valence-electron chi connectivity index (χ0n) is 8.77. The van der Waals surface area contributed by atoms with E-state index in [1.165, 1.54) is 7.11 Å². The van der Waals surface area contributed by atoms with Crippen molar-refractivity contribution in [2.45, 2.75) is 17.4 Å². The number of fused-ring (bicyclic) bond motifs is 1. The summed E-state index contributed by atoms with van der Waals surface area (Å²) < 4.78 is 5.02. The number of aliphatic hydroxyl groups excluding tert-OH is 1. The molecule has 1 atom stereocenters. The molecule has 0 aromatic heterocycles. The number of rotatable bonds is 2. The third-order valence-corrected chi connectivity index (χ3v) is 3.67. The third kappa shape index (κ3) is 1.88. The number of benzene rings is 1. The van der Waals surface area contributed by atoms with Crippen molar-refractivity contribution < 1.29 is 19.7 Å². The van der Waals surface area contributed by atoms with Gasteiger partial charge < -0.3 is 14.9 Å². The Labute approximate surface area is 97.2 Å². The molecule has 86 valence electrons. The Bertz CT molecular complexity index is 430. The zero-order valence-corrected chi connectivity index (χ0v) is 9.58. The highest BCUT2D eigenvalue weighted by Gasteiger charge is 2.23. The molecule has 0 fully saturated rings. The highest BCUT2D eigenvalue weighted by molar-refractivity contribution is 7.99.